The first kappa shape index (κ1) is 24.6. The van der Waals surface area contributed by atoms with Gasteiger partial charge in [-0.15, -0.1) is 0 Å². The van der Waals surface area contributed by atoms with E-state index in [9.17, 15) is 31.2 Å². The molecule has 12 heteroatoms. The highest BCUT2D eigenvalue weighted by Crippen LogP contribution is 2.34. The average Bonchev–Trinajstić information content (AvgIpc) is 2.61. The molecule has 2 amide bonds. The first-order valence-electron chi connectivity index (χ1n) is 8.71. The van der Waals surface area contributed by atoms with Crippen molar-refractivity contribution in [3.05, 3.63) is 53.1 Å². The Labute approximate surface area is 182 Å². The molecule has 0 aliphatic heterocycles. The quantitative estimate of drug-likeness (QED) is 0.638. The Morgan fingerprint density at radius 1 is 1.00 bits per heavy atom. The Bertz CT molecular complexity index is 1090. The van der Waals surface area contributed by atoms with Crippen molar-refractivity contribution in [3.63, 3.8) is 0 Å². The minimum absolute atomic E-state index is 0.0386. The maximum atomic E-state index is 13.0. The molecule has 0 aromatic heterocycles. The number of hydrogen-bond acceptors (Lipinski definition) is 5. The van der Waals surface area contributed by atoms with Gasteiger partial charge in [-0.05, 0) is 37.4 Å². The fourth-order valence-corrected chi connectivity index (χ4v) is 3.41. The summed E-state index contributed by atoms with van der Waals surface area (Å²) in [5.74, 6) is -1.34. The lowest BCUT2D eigenvalue weighted by molar-refractivity contribution is -0.137. The van der Waals surface area contributed by atoms with Crippen LogP contribution in [0.15, 0.2) is 47.4 Å². The molecule has 31 heavy (non-hydrogen) atoms. The van der Waals surface area contributed by atoms with Gasteiger partial charge in [-0.3, -0.25) is 14.5 Å². The molecular formula is C19H19ClF3N3O4S. The van der Waals surface area contributed by atoms with Gasteiger partial charge in [0, 0.05) is 6.26 Å². The molecule has 7 nitrogen and oxygen atoms in total. The summed E-state index contributed by atoms with van der Waals surface area (Å²) in [6, 6.07) is 8.36. The Hall–Kier alpha value is -2.63. The van der Waals surface area contributed by atoms with E-state index < -0.39 is 33.4 Å². The molecule has 0 unspecified atom stereocenters. The minimum atomic E-state index is -4.63. The minimum Gasteiger partial charge on any atom is -0.324 e. The van der Waals surface area contributed by atoms with Crippen LogP contribution in [0.1, 0.15) is 5.56 Å². The third-order valence-electron chi connectivity index (χ3n) is 3.97. The molecule has 2 rings (SSSR count). The number of hydrogen-bond donors (Lipinski definition) is 2. The summed E-state index contributed by atoms with van der Waals surface area (Å²) >= 11 is 5.97. The van der Waals surface area contributed by atoms with Gasteiger partial charge in [-0.1, -0.05) is 23.7 Å². The van der Waals surface area contributed by atoms with Crippen LogP contribution in [-0.4, -0.2) is 51.5 Å². The number of para-hydroxylation sites is 1. The number of nitrogens with one attached hydrogen (secondary N) is 2. The number of likely N-dealkylation sites (N-methyl/N-ethyl adjacent to an activating group) is 1. The zero-order chi connectivity index (χ0) is 23.4. The molecule has 0 heterocycles. The molecule has 0 fully saturated rings. The number of alkyl halides is 3. The lowest BCUT2D eigenvalue weighted by Gasteiger charge is -2.18. The van der Waals surface area contributed by atoms with Gasteiger partial charge < -0.3 is 10.6 Å². The number of nitrogens with zero attached hydrogens (tertiary/aromatic N) is 1. The van der Waals surface area contributed by atoms with Crippen molar-refractivity contribution < 1.29 is 31.2 Å². The summed E-state index contributed by atoms with van der Waals surface area (Å²) in [4.78, 5) is 25.6. The summed E-state index contributed by atoms with van der Waals surface area (Å²) in [6.07, 6.45) is -3.62. The highest BCUT2D eigenvalue weighted by atomic mass is 35.5. The van der Waals surface area contributed by atoms with Gasteiger partial charge in [-0.25, -0.2) is 8.42 Å². The normalized spacial score (nSPS) is 12.0. The van der Waals surface area contributed by atoms with Crippen molar-refractivity contribution in [2.24, 2.45) is 0 Å². The molecule has 0 radical (unpaired) electrons. The Morgan fingerprint density at radius 2 is 1.55 bits per heavy atom. The van der Waals surface area contributed by atoms with Crippen LogP contribution in [0.5, 0.6) is 0 Å². The van der Waals surface area contributed by atoms with E-state index in [1.807, 2.05) is 0 Å². The molecule has 0 aliphatic carbocycles. The van der Waals surface area contributed by atoms with E-state index in [2.05, 4.69) is 10.6 Å². The van der Waals surface area contributed by atoms with Gasteiger partial charge in [0.05, 0.1) is 39.9 Å². The van der Waals surface area contributed by atoms with Gasteiger partial charge in [0.2, 0.25) is 11.8 Å². The average molecular weight is 478 g/mol. The molecule has 0 bridgehead atoms. The Balaban J connectivity index is 1.98. The molecule has 0 spiro atoms. The monoisotopic (exact) mass is 477 g/mol. The molecule has 2 aromatic rings. The van der Waals surface area contributed by atoms with E-state index in [1.54, 1.807) is 0 Å². The van der Waals surface area contributed by atoms with E-state index in [0.29, 0.717) is 0 Å². The second kappa shape index (κ2) is 9.67. The van der Waals surface area contributed by atoms with Crippen LogP contribution in [-0.2, 0) is 25.6 Å². The van der Waals surface area contributed by atoms with Gasteiger partial charge in [0.1, 0.15) is 0 Å². The van der Waals surface area contributed by atoms with Gasteiger partial charge in [-0.2, -0.15) is 13.2 Å². The van der Waals surface area contributed by atoms with Crippen LogP contribution in [0, 0.1) is 0 Å². The number of carbonyl (C=O) groups excluding carboxylic acids is 2. The summed E-state index contributed by atoms with van der Waals surface area (Å²) in [5, 5.41) is 4.75. The van der Waals surface area contributed by atoms with Crippen LogP contribution in [0.25, 0.3) is 0 Å². The zero-order valence-electron chi connectivity index (χ0n) is 16.5. The van der Waals surface area contributed by atoms with Crippen molar-refractivity contribution in [2.75, 3.05) is 37.0 Å². The summed E-state index contributed by atoms with van der Waals surface area (Å²) < 4.78 is 62.3. The molecule has 168 valence electrons. The number of sulfone groups is 1. The molecule has 0 aliphatic rings. The standard InChI is InChI=1S/C19H19ClF3N3O4S/c1-26(10-17(27)24-15-6-4-3-5-13(15)19(21,22)23)11-18(28)25-16-9-12(31(2,29)30)7-8-14(16)20/h3-9H,10-11H2,1-2H3,(H,24,27)(H,25,28). The third kappa shape index (κ3) is 7.23. The molecular weight excluding hydrogens is 459 g/mol. The molecule has 2 aromatic carbocycles. The second-order valence-corrected chi connectivity index (χ2v) is 9.15. The molecule has 0 atom stereocenters. The van der Waals surface area contributed by atoms with Crippen molar-refractivity contribution in [2.45, 2.75) is 11.1 Å². The third-order valence-corrected chi connectivity index (χ3v) is 5.41. The van der Waals surface area contributed by atoms with E-state index in [0.717, 1.165) is 18.4 Å². The molecule has 0 saturated carbocycles. The first-order valence-corrected chi connectivity index (χ1v) is 11.0. The zero-order valence-corrected chi connectivity index (χ0v) is 18.0. The van der Waals surface area contributed by atoms with Crippen molar-refractivity contribution in [1.29, 1.82) is 0 Å². The largest absolute Gasteiger partial charge is 0.418 e. The number of anilines is 2. The molecule has 2 N–H and O–H groups in total. The predicted molar refractivity (Wildman–Crippen MR) is 111 cm³/mol. The highest BCUT2D eigenvalue weighted by molar-refractivity contribution is 7.90. The summed E-state index contributed by atoms with van der Waals surface area (Å²) in [6.45, 7) is -0.662. The van der Waals surface area contributed by atoms with Gasteiger partial charge in [0.25, 0.3) is 0 Å². The highest BCUT2D eigenvalue weighted by Gasteiger charge is 2.33. The van der Waals surface area contributed by atoms with Gasteiger partial charge in [0.15, 0.2) is 9.84 Å². The topological polar surface area (TPSA) is 95.6 Å². The maximum absolute atomic E-state index is 13.0. The fourth-order valence-electron chi connectivity index (χ4n) is 2.60. The molecule has 0 saturated heterocycles. The van der Waals surface area contributed by atoms with E-state index >= 15 is 0 Å². The number of carbonyl (C=O) groups is 2. The van der Waals surface area contributed by atoms with Crippen LogP contribution in [0.3, 0.4) is 0 Å². The lowest BCUT2D eigenvalue weighted by Crippen LogP contribution is -2.36. The van der Waals surface area contributed by atoms with Gasteiger partial charge >= 0.3 is 6.18 Å². The lowest BCUT2D eigenvalue weighted by atomic mass is 10.1. The van der Waals surface area contributed by atoms with Crippen molar-refractivity contribution in [1.82, 2.24) is 4.90 Å². The second-order valence-electron chi connectivity index (χ2n) is 6.73. The summed E-state index contributed by atoms with van der Waals surface area (Å²) in [7, 11) is -2.09. The Kier molecular flexibility index (Phi) is 7.68. The smallest absolute Gasteiger partial charge is 0.324 e. The van der Waals surface area contributed by atoms with E-state index in [4.69, 9.17) is 11.6 Å². The van der Waals surface area contributed by atoms with E-state index in [1.165, 1.54) is 42.3 Å². The Morgan fingerprint density at radius 3 is 2.10 bits per heavy atom. The van der Waals surface area contributed by atoms with Crippen LogP contribution in [0.4, 0.5) is 24.5 Å². The van der Waals surface area contributed by atoms with Crippen molar-refractivity contribution in [3.8, 4) is 0 Å². The van der Waals surface area contributed by atoms with Crippen LogP contribution < -0.4 is 10.6 Å². The van der Waals surface area contributed by atoms with Crippen molar-refractivity contribution >= 4 is 44.6 Å². The maximum Gasteiger partial charge on any atom is 0.418 e. The number of amides is 2. The number of rotatable bonds is 7. The number of benzene rings is 2. The number of halogens is 4. The van der Waals surface area contributed by atoms with Crippen LogP contribution in [0.2, 0.25) is 5.02 Å². The summed E-state index contributed by atoms with van der Waals surface area (Å²) in [5.41, 5.74) is -1.29. The predicted octanol–water partition coefficient (Wildman–Crippen LogP) is 3.27. The van der Waals surface area contributed by atoms with E-state index in [-0.39, 0.29) is 34.4 Å². The SMILES string of the molecule is CN(CC(=O)Nc1cc(S(C)(=O)=O)ccc1Cl)CC(=O)Nc1ccccc1C(F)(F)F. The first-order chi connectivity index (χ1) is 14.3. The fraction of sp³-hybridized carbons (Fsp3) is 0.263. The van der Waals surface area contributed by atoms with Crippen LogP contribution >= 0.6 is 11.6 Å².